The molecule has 40 heavy (non-hydrogen) atoms. The third-order valence-electron chi connectivity index (χ3n) is 10.1. The molecule has 0 saturated heterocycles. The first-order valence-electron chi connectivity index (χ1n) is 16.0. The summed E-state index contributed by atoms with van der Waals surface area (Å²) in [4.78, 5) is 3.82. The van der Waals surface area contributed by atoms with Crippen LogP contribution in [-0.4, -0.2) is 4.98 Å². The Hall–Kier alpha value is -2.54. The fourth-order valence-electron chi connectivity index (χ4n) is 7.43. The van der Waals surface area contributed by atoms with Gasteiger partial charge in [-0.2, -0.15) is 0 Å². The highest BCUT2D eigenvalue weighted by Gasteiger charge is 2.33. The Kier molecular flexibility index (Phi) is 9.23. The molecule has 4 aromatic rings. The summed E-state index contributed by atoms with van der Waals surface area (Å²) in [5, 5.41) is 2.68. The number of fused-ring (bicyclic) bond motifs is 3. The van der Waals surface area contributed by atoms with Crippen molar-refractivity contribution in [2.75, 3.05) is 0 Å². The largest absolute Gasteiger partial charge is 0.354 e. The third kappa shape index (κ3) is 6.35. The van der Waals surface area contributed by atoms with E-state index in [1.807, 2.05) is 0 Å². The standard InChI is InChI=1S/C39H55N/c1-11-13-14-20-39(9,10)34(37-27(4)21-26(3)22-28(37)5)23-30-15-17-32-33-18-16-31(25-36(33)40-35(32)24-30)29(6)38(7,8)19-12-2/h15-18,21-22,24-25,29,34,40H,11-14,19-20,23H2,1-10H3. The Balaban J connectivity index is 1.72. The van der Waals surface area contributed by atoms with Gasteiger partial charge in [-0.1, -0.05) is 116 Å². The van der Waals surface area contributed by atoms with E-state index in [4.69, 9.17) is 0 Å². The van der Waals surface area contributed by atoms with E-state index in [1.54, 1.807) is 5.56 Å². The summed E-state index contributed by atoms with van der Waals surface area (Å²) in [6.07, 6.45) is 8.72. The highest BCUT2D eigenvalue weighted by Crippen LogP contribution is 2.45. The van der Waals surface area contributed by atoms with E-state index in [0.29, 0.717) is 17.3 Å². The monoisotopic (exact) mass is 537 g/mol. The van der Waals surface area contributed by atoms with Crippen LogP contribution in [0.4, 0.5) is 0 Å². The summed E-state index contributed by atoms with van der Waals surface area (Å²) in [7, 11) is 0. The van der Waals surface area contributed by atoms with Gasteiger partial charge in [0.15, 0.2) is 0 Å². The van der Waals surface area contributed by atoms with Gasteiger partial charge in [-0.25, -0.2) is 0 Å². The number of unbranched alkanes of at least 4 members (excludes halogenated alkanes) is 2. The van der Waals surface area contributed by atoms with Gasteiger partial charge in [0, 0.05) is 21.8 Å². The van der Waals surface area contributed by atoms with Crippen molar-refractivity contribution in [3.8, 4) is 0 Å². The minimum Gasteiger partial charge on any atom is -0.354 e. The number of aromatic amines is 1. The van der Waals surface area contributed by atoms with Gasteiger partial charge in [0.25, 0.3) is 0 Å². The van der Waals surface area contributed by atoms with Crippen LogP contribution in [0.3, 0.4) is 0 Å². The van der Waals surface area contributed by atoms with Crippen LogP contribution >= 0.6 is 0 Å². The minimum absolute atomic E-state index is 0.228. The van der Waals surface area contributed by atoms with Crippen LogP contribution in [-0.2, 0) is 6.42 Å². The molecule has 1 heteroatoms. The van der Waals surface area contributed by atoms with Gasteiger partial charge in [0.2, 0.25) is 0 Å². The Labute approximate surface area is 245 Å². The molecule has 0 aliphatic heterocycles. The molecule has 0 radical (unpaired) electrons. The van der Waals surface area contributed by atoms with Crippen LogP contribution in [0.1, 0.15) is 132 Å². The molecule has 0 saturated carbocycles. The summed E-state index contributed by atoms with van der Waals surface area (Å²) in [6.45, 7) is 23.7. The Morgan fingerprint density at radius 3 is 1.95 bits per heavy atom. The van der Waals surface area contributed by atoms with E-state index in [-0.39, 0.29) is 5.41 Å². The summed E-state index contributed by atoms with van der Waals surface area (Å²) < 4.78 is 0. The minimum atomic E-state index is 0.228. The lowest BCUT2D eigenvalue weighted by molar-refractivity contribution is 0.249. The fourth-order valence-corrected chi connectivity index (χ4v) is 7.43. The maximum Gasteiger partial charge on any atom is 0.0467 e. The second-order valence-corrected chi connectivity index (χ2v) is 14.3. The second kappa shape index (κ2) is 12.1. The van der Waals surface area contributed by atoms with Crippen molar-refractivity contribution >= 4 is 21.8 Å². The zero-order valence-electron chi connectivity index (χ0n) is 27.2. The van der Waals surface area contributed by atoms with Crippen LogP contribution in [0, 0.1) is 31.6 Å². The molecule has 0 aliphatic rings. The molecule has 2 unspecified atom stereocenters. The van der Waals surface area contributed by atoms with Gasteiger partial charge in [0.1, 0.15) is 0 Å². The molecular weight excluding hydrogens is 482 g/mol. The molecule has 1 N–H and O–H groups in total. The number of hydrogen-bond donors (Lipinski definition) is 1. The van der Waals surface area contributed by atoms with Crippen molar-refractivity contribution in [1.29, 1.82) is 0 Å². The van der Waals surface area contributed by atoms with Crippen LogP contribution in [0.5, 0.6) is 0 Å². The lowest BCUT2D eigenvalue weighted by atomic mass is 9.67. The first-order chi connectivity index (χ1) is 18.9. The number of benzene rings is 3. The summed E-state index contributed by atoms with van der Waals surface area (Å²) in [5.74, 6) is 1.01. The molecule has 1 aromatic heterocycles. The fraction of sp³-hybridized carbons (Fsp3) is 0.538. The van der Waals surface area contributed by atoms with E-state index >= 15 is 0 Å². The molecular formula is C39H55N. The SMILES string of the molecule is CCCCCC(C)(C)C(Cc1ccc2c(c1)[nH]c1cc(C(C)C(C)(C)CCC)ccc12)c1c(C)cc(C)cc1C. The zero-order valence-corrected chi connectivity index (χ0v) is 27.2. The lowest BCUT2D eigenvalue weighted by Crippen LogP contribution is -2.26. The third-order valence-corrected chi connectivity index (χ3v) is 10.1. The summed E-state index contributed by atoms with van der Waals surface area (Å²) in [6, 6.07) is 19.1. The van der Waals surface area contributed by atoms with E-state index in [1.165, 1.54) is 88.1 Å². The average molecular weight is 538 g/mol. The quantitative estimate of drug-likeness (QED) is 0.173. The summed E-state index contributed by atoms with van der Waals surface area (Å²) >= 11 is 0. The predicted octanol–water partition coefficient (Wildman–Crippen LogP) is 12.1. The van der Waals surface area contributed by atoms with Crippen molar-refractivity contribution in [1.82, 2.24) is 4.98 Å². The Bertz CT molecular complexity index is 1420. The summed E-state index contributed by atoms with van der Waals surface area (Å²) in [5.41, 5.74) is 11.8. The van der Waals surface area contributed by atoms with Gasteiger partial charge in [-0.15, -0.1) is 0 Å². The maximum atomic E-state index is 3.82. The number of nitrogens with one attached hydrogen (secondary N) is 1. The number of aromatic nitrogens is 1. The smallest absolute Gasteiger partial charge is 0.0467 e. The topological polar surface area (TPSA) is 15.8 Å². The van der Waals surface area contributed by atoms with Crippen LogP contribution in [0.15, 0.2) is 48.5 Å². The van der Waals surface area contributed by atoms with Crippen molar-refractivity contribution in [3.63, 3.8) is 0 Å². The molecule has 0 bridgehead atoms. The Morgan fingerprint density at radius 2 is 1.32 bits per heavy atom. The molecule has 2 atom stereocenters. The molecule has 0 amide bonds. The van der Waals surface area contributed by atoms with Gasteiger partial charge >= 0.3 is 0 Å². The molecule has 1 nitrogen and oxygen atoms in total. The maximum absolute atomic E-state index is 3.82. The molecule has 0 spiro atoms. The van der Waals surface area contributed by atoms with E-state index < -0.39 is 0 Å². The molecule has 0 fully saturated rings. The van der Waals surface area contributed by atoms with Crippen LogP contribution in [0.25, 0.3) is 21.8 Å². The van der Waals surface area contributed by atoms with E-state index in [9.17, 15) is 0 Å². The van der Waals surface area contributed by atoms with Crippen LogP contribution in [0.2, 0.25) is 0 Å². The number of H-pyrrole nitrogens is 1. The number of aryl methyl sites for hydroxylation is 3. The highest BCUT2D eigenvalue weighted by molar-refractivity contribution is 6.07. The van der Waals surface area contributed by atoms with Gasteiger partial charge in [0.05, 0.1) is 0 Å². The van der Waals surface area contributed by atoms with Crippen molar-refractivity contribution in [2.24, 2.45) is 10.8 Å². The van der Waals surface area contributed by atoms with Crippen LogP contribution < -0.4 is 0 Å². The van der Waals surface area contributed by atoms with Crippen molar-refractivity contribution < 1.29 is 0 Å². The number of hydrogen-bond acceptors (Lipinski definition) is 0. The van der Waals surface area contributed by atoms with E-state index in [2.05, 4.69) is 123 Å². The normalized spacial score (nSPS) is 14.2. The molecule has 1 heterocycles. The zero-order chi connectivity index (χ0) is 29.2. The second-order valence-electron chi connectivity index (χ2n) is 14.3. The van der Waals surface area contributed by atoms with Gasteiger partial charge in [-0.05, 0) is 103 Å². The van der Waals surface area contributed by atoms with Crippen molar-refractivity contribution in [3.05, 3.63) is 81.9 Å². The molecule has 4 rings (SSSR count). The first-order valence-corrected chi connectivity index (χ1v) is 16.0. The highest BCUT2D eigenvalue weighted by atomic mass is 14.7. The predicted molar refractivity (Wildman–Crippen MR) is 178 cm³/mol. The lowest BCUT2D eigenvalue weighted by Gasteiger charge is -2.37. The molecule has 0 aliphatic carbocycles. The van der Waals surface area contributed by atoms with Gasteiger partial charge in [-0.3, -0.25) is 0 Å². The number of rotatable bonds is 12. The molecule has 216 valence electrons. The van der Waals surface area contributed by atoms with Gasteiger partial charge < -0.3 is 4.98 Å². The van der Waals surface area contributed by atoms with Crippen molar-refractivity contribution in [2.45, 2.75) is 126 Å². The Morgan fingerprint density at radius 1 is 0.700 bits per heavy atom. The average Bonchev–Trinajstić information content (AvgIpc) is 3.24. The molecule has 3 aromatic carbocycles. The van der Waals surface area contributed by atoms with E-state index in [0.717, 1.165) is 6.42 Å². The first kappa shape index (κ1) is 30.4.